The van der Waals surface area contributed by atoms with Gasteiger partial charge in [-0.25, -0.2) is 0 Å². The number of carbonyl (C=O) groups is 3. The molecule has 9 nitrogen and oxygen atoms in total. The van der Waals surface area contributed by atoms with Crippen molar-refractivity contribution in [2.24, 2.45) is 0 Å². The molecule has 0 saturated carbocycles. The van der Waals surface area contributed by atoms with Gasteiger partial charge in [0.15, 0.2) is 5.78 Å². The first kappa shape index (κ1) is 20.1. The quantitative estimate of drug-likeness (QED) is 0.306. The molecule has 1 fully saturated rings. The fourth-order valence-electron chi connectivity index (χ4n) is 2.63. The maximum atomic E-state index is 12.6. The molecule has 3 rings (SSSR count). The number of benzene rings is 2. The van der Waals surface area contributed by atoms with Crippen LogP contribution in [0.4, 0.5) is 10.5 Å². The smallest absolute Gasteiger partial charge is 0.293 e. The van der Waals surface area contributed by atoms with Gasteiger partial charge in [0.25, 0.3) is 16.8 Å². The molecule has 1 heterocycles. The summed E-state index contributed by atoms with van der Waals surface area (Å²) in [5, 5.41) is 22.3. The van der Waals surface area contributed by atoms with Crippen LogP contribution < -0.4 is 9.84 Å². The number of hydrogen-bond acceptors (Lipinski definition) is 8. The Morgan fingerprint density at radius 1 is 1.24 bits per heavy atom. The minimum Gasteiger partial charge on any atom is -0.865 e. The summed E-state index contributed by atoms with van der Waals surface area (Å²) in [6, 6.07) is 10.5. The van der Waals surface area contributed by atoms with Crippen LogP contribution in [0.1, 0.15) is 15.9 Å². The van der Waals surface area contributed by atoms with Gasteiger partial charge in [0.05, 0.1) is 23.5 Å². The number of methoxy groups -OCH3 is 1. The second-order valence-corrected chi connectivity index (χ2v) is 6.88. The van der Waals surface area contributed by atoms with Crippen LogP contribution in [0.25, 0.3) is 6.08 Å². The molecule has 0 N–H and O–H groups in total. The molecule has 2 aromatic carbocycles. The predicted octanol–water partition coefficient (Wildman–Crippen LogP) is 2.60. The van der Waals surface area contributed by atoms with Gasteiger partial charge in [0.1, 0.15) is 5.75 Å². The van der Waals surface area contributed by atoms with E-state index in [0.29, 0.717) is 17.3 Å². The van der Waals surface area contributed by atoms with Crippen LogP contribution in [0.2, 0.25) is 0 Å². The Morgan fingerprint density at radius 2 is 1.93 bits per heavy atom. The molecule has 0 unspecified atom stereocenters. The summed E-state index contributed by atoms with van der Waals surface area (Å²) < 4.78 is 4.85. The number of rotatable bonds is 6. The second-order valence-electron chi connectivity index (χ2n) is 5.89. The van der Waals surface area contributed by atoms with E-state index in [0.717, 1.165) is 11.0 Å². The largest absolute Gasteiger partial charge is 0.865 e. The summed E-state index contributed by atoms with van der Waals surface area (Å²) in [7, 11) is 1.19. The van der Waals surface area contributed by atoms with Gasteiger partial charge >= 0.3 is 0 Å². The lowest BCUT2D eigenvalue weighted by atomic mass is 10.1. The third-order valence-electron chi connectivity index (χ3n) is 4.04. The van der Waals surface area contributed by atoms with Gasteiger partial charge in [-0.1, -0.05) is 30.3 Å². The van der Waals surface area contributed by atoms with Gasteiger partial charge in [0, 0.05) is 17.4 Å². The van der Waals surface area contributed by atoms with Crippen molar-refractivity contribution in [3.05, 3.63) is 68.6 Å². The number of amides is 2. The van der Waals surface area contributed by atoms with Gasteiger partial charge < -0.3 is 9.84 Å². The van der Waals surface area contributed by atoms with Crippen molar-refractivity contribution in [3.63, 3.8) is 0 Å². The molecule has 0 spiro atoms. The number of Topliss-reactive ketones (excluding diaryl/α,β-unsaturated/α-hetero) is 1. The van der Waals surface area contributed by atoms with E-state index in [1.807, 2.05) is 0 Å². The number of hydrogen-bond donors (Lipinski definition) is 0. The van der Waals surface area contributed by atoms with E-state index in [1.165, 1.54) is 19.3 Å². The van der Waals surface area contributed by atoms with Crippen LogP contribution in [-0.2, 0) is 4.79 Å². The summed E-state index contributed by atoms with van der Waals surface area (Å²) in [6.07, 6.45) is 1.24. The maximum absolute atomic E-state index is 12.6. The van der Waals surface area contributed by atoms with E-state index in [-0.39, 0.29) is 16.2 Å². The van der Waals surface area contributed by atoms with Gasteiger partial charge in [-0.05, 0) is 29.5 Å². The number of thioether (sulfide) groups is 1. The highest BCUT2D eigenvalue weighted by Gasteiger charge is 2.36. The molecule has 29 heavy (non-hydrogen) atoms. The van der Waals surface area contributed by atoms with Crippen molar-refractivity contribution in [2.75, 3.05) is 13.7 Å². The summed E-state index contributed by atoms with van der Waals surface area (Å²) >= 11 is 0.603. The predicted molar refractivity (Wildman–Crippen MR) is 103 cm³/mol. The first-order chi connectivity index (χ1) is 13.8. The van der Waals surface area contributed by atoms with Crippen LogP contribution >= 0.6 is 11.8 Å². The molecule has 0 bridgehead atoms. The van der Waals surface area contributed by atoms with Crippen molar-refractivity contribution in [1.82, 2.24) is 4.90 Å². The molecule has 2 aromatic rings. The minimum absolute atomic E-state index is 0.0224. The van der Waals surface area contributed by atoms with E-state index in [9.17, 15) is 29.6 Å². The first-order valence-electron chi connectivity index (χ1n) is 8.19. The number of nitrogens with zero attached hydrogens (tertiary/aromatic N) is 2. The van der Waals surface area contributed by atoms with Crippen LogP contribution in [-0.4, -0.2) is 40.4 Å². The van der Waals surface area contributed by atoms with Gasteiger partial charge in [-0.15, -0.1) is 0 Å². The number of ether oxygens (including phenoxy) is 1. The Morgan fingerprint density at radius 3 is 2.55 bits per heavy atom. The molecule has 10 heteroatoms. The van der Waals surface area contributed by atoms with Crippen LogP contribution in [0.15, 0.2) is 47.4 Å². The Hall–Kier alpha value is -3.66. The first-order valence-corrected chi connectivity index (χ1v) is 9.00. The lowest BCUT2D eigenvalue weighted by molar-refractivity contribution is -0.398. The van der Waals surface area contributed by atoms with E-state index in [4.69, 9.17) is 4.74 Å². The maximum Gasteiger partial charge on any atom is 0.293 e. The number of nitro groups is 1. The molecular weight excluding hydrogens is 400 g/mol. The fourth-order valence-corrected chi connectivity index (χ4v) is 3.46. The highest BCUT2D eigenvalue weighted by molar-refractivity contribution is 8.18. The molecule has 1 aliphatic rings. The Bertz CT molecular complexity index is 1050. The van der Waals surface area contributed by atoms with E-state index in [1.54, 1.807) is 30.3 Å². The third-order valence-corrected chi connectivity index (χ3v) is 4.95. The fraction of sp³-hybridized carbons (Fsp3) is 0.105. The third kappa shape index (κ3) is 4.11. The van der Waals surface area contributed by atoms with E-state index < -0.39 is 39.8 Å². The topological polar surface area (TPSA) is 130 Å². The molecule has 1 aliphatic heterocycles. The molecular formula is C19H13N2O7S-. The highest BCUT2D eigenvalue weighted by Crippen LogP contribution is 2.37. The molecule has 0 aromatic heterocycles. The van der Waals surface area contributed by atoms with Gasteiger partial charge in [-0.3, -0.25) is 29.4 Å². The summed E-state index contributed by atoms with van der Waals surface area (Å²) in [5.74, 6) is -2.25. The van der Waals surface area contributed by atoms with E-state index in [2.05, 4.69) is 0 Å². The molecule has 2 amide bonds. The highest BCUT2D eigenvalue weighted by atomic mass is 32.2. The zero-order chi connectivity index (χ0) is 21.1. The monoisotopic (exact) mass is 413 g/mol. The van der Waals surface area contributed by atoms with Crippen LogP contribution in [0, 0.1) is 10.1 Å². The second kappa shape index (κ2) is 8.15. The standard InChI is InChI=1S/C19H14N2O7S/c1-28-15-8-11(7-13(17(15)23)21(26)27)9-16-18(24)20(19(25)29-16)10-14(22)12-5-3-2-4-6-12/h2-9,23H,10H2,1H3/p-1/b16-9-. The summed E-state index contributed by atoms with van der Waals surface area (Å²) in [4.78, 5) is 48.0. The van der Waals surface area contributed by atoms with Crippen molar-refractivity contribution in [1.29, 1.82) is 0 Å². The van der Waals surface area contributed by atoms with Crippen molar-refractivity contribution in [2.45, 2.75) is 0 Å². The molecule has 1 saturated heterocycles. The Balaban J connectivity index is 1.87. The van der Waals surface area contributed by atoms with E-state index >= 15 is 0 Å². The van der Waals surface area contributed by atoms with Gasteiger partial charge in [-0.2, -0.15) is 0 Å². The lowest BCUT2D eigenvalue weighted by Gasteiger charge is -2.13. The number of ketones is 1. The zero-order valence-corrected chi connectivity index (χ0v) is 15.8. The van der Waals surface area contributed by atoms with Crippen molar-refractivity contribution >= 4 is 40.5 Å². The zero-order valence-electron chi connectivity index (χ0n) is 15.0. The minimum atomic E-state index is -0.892. The summed E-state index contributed by atoms with van der Waals surface area (Å²) in [5.41, 5.74) is -0.205. The molecule has 0 atom stereocenters. The average molecular weight is 413 g/mol. The lowest BCUT2D eigenvalue weighted by Crippen LogP contribution is -2.33. The van der Waals surface area contributed by atoms with Crippen LogP contribution in [0.3, 0.4) is 0 Å². The van der Waals surface area contributed by atoms with Crippen molar-refractivity contribution < 1.29 is 29.2 Å². The number of carbonyl (C=O) groups excluding carboxylic acids is 3. The number of nitro benzene ring substituents is 1. The molecule has 0 aliphatic carbocycles. The Kier molecular flexibility index (Phi) is 5.64. The molecule has 148 valence electrons. The summed E-state index contributed by atoms with van der Waals surface area (Å²) in [6.45, 7) is -0.422. The molecule has 0 radical (unpaired) electrons. The Labute approximate surface area is 168 Å². The number of imide groups is 1. The van der Waals surface area contributed by atoms with Gasteiger partial charge in [0.2, 0.25) is 0 Å². The van der Waals surface area contributed by atoms with Crippen molar-refractivity contribution in [3.8, 4) is 11.5 Å². The SMILES string of the molecule is COc1cc(/C=C2\SC(=O)N(CC(=O)c3ccccc3)C2=O)cc([N+](=O)[O-])c1[O-]. The normalized spacial score (nSPS) is 15.1. The van der Waals surface area contributed by atoms with Crippen LogP contribution in [0.5, 0.6) is 11.5 Å². The average Bonchev–Trinajstić information content (AvgIpc) is 2.96.